The molecule has 5 nitrogen and oxygen atoms in total. The van der Waals surface area contributed by atoms with Crippen LogP contribution < -0.4 is 10.2 Å². The molecule has 0 unspecified atom stereocenters. The topological polar surface area (TPSA) is 70.9 Å². The Balaban J connectivity index is 2.14. The van der Waals surface area contributed by atoms with Gasteiger partial charge in [0.05, 0.1) is 28.4 Å². The van der Waals surface area contributed by atoms with Crippen LogP contribution in [0.3, 0.4) is 0 Å². The standard InChI is InChI=1S/C16H13Cl2IN2O3/c1-2-24-14-6-9(5-13(18)15(14)22)8-20-21-16(23)11-7-10(19)3-4-12(11)17/h3-8,22H,2H2,1H3,(H,21,23)/b20-8+. The van der Waals surface area contributed by atoms with Gasteiger partial charge in [-0.2, -0.15) is 5.10 Å². The molecular formula is C16H13Cl2IN2O3. The first-order chi connectivity index (χ1) is 11.4. The second-order valence-corrected chi connectivity index (χ2v) is 6.67. The average molecular weight is 479 g/mol. The Labute approximate surface area is 162 Å². The van der Waals surface area contributed by atoms with Crippen molar-refractivity contribution in [2.24, 2.45) is 5.10 Å². The third-order valence-electron chi connectivity index (χ3n) is 2.90. The van der Waals surface area contributed by atoms with Crippen LogP contribution in [0, 0.1) is 3.57 Å². The molecular weight excluding hydrogens is 466 g/mol. The van der Waals surface area contributed by atoms with E-state index in [2.05, 4.69) is 33.1 Å². The second-order valence-electron chi connectivity index (χ2n) is 4.61. The third kappa shape index (κ3) is 4.75. The van der Waals surface area contributed by atoms with Gasteiger partial charge in [-0.1, -0.05) is 23.2 Å². The Morgan fingerprint density at radius 2 is 2.08 bits per heavy atom. The van der Waals surface area contributed by atoms with Crippen molar-refractivity contribution in [3.8, 4) is 11.5 Å². The summed E-state index contributed by atoms with van der Waals surface area (Å²) in [7, 11) is 0. The third-order valence-corrected chi connectivity index (χ3v) is 4.19. The summed E-state index contributed by atoms with van der Waals surface area (Å²) in [6.45, 7) is 2.17. The first-order valence-electron chi connectivity index (χ1n) is 6.86. The van der Waals surface area contributed by atoms with E-state index in [1.54, 1.807) is 31.2 Å². The monoisotopic (exact) mass is 478 g/mol. The Morgan fingerprint density at radius 3 is 2.79 bits per heavy atom. The highest BCUT2D eigenvalue weighted by molar-refractivity contribution is 14.1. The van der Waals surface area contributed by atoms with E-state index in [0.717, 1.165) is 3.57 Å². The highest BCUT2D eigenvalue weighted by atomic mass is 127. The van der Waals surface area contributed by atoms with E-state index >= 15 is 0 Å². The molecule has 8 heteroatoms. The number of carbonyl (C=O) groups is 1. The number of halogens is 3. The van der Waals surface area contributed by atoms with E-state index in [1.165, 1.54) is 12.3 Å². The van der Waals surface area contributed by atoms with Gasteiger partial charge in [-0.15, -0.1) is 0 Å². The van der Waals surface area contributed by atoms with Gasteiger partial charge in [-0.3, -0.25) is 4.79 Å². The van der Waals surface area contributed by atoms with Crippen LogP contribution in [0.15, 0.2) is 35.4 Å². The minimum Gasteiger partial charge on any atom is -0.503 e. The number of amides is 1. The molecule has 0 fully saturated rings. The Bertz CT molecular complexity index is 797. The van der Waals surface area contributed by atoms with Crippen LogP contribution in [0.2, 0.25) is 10.0 Å². The molecule has 126 valence electrons. The van der Waals surface area contributed by atoms with Crippen molar-refractivity contribution >= 4 is 57.9 Å². The maximum atomic E-state index is 12.1. The van der Waals surface area contributed by atoms with Crippen LogP contribution >= 0.6 is 45.8 Å². The second kappa shape index (κ2) is 8.55. The van der Waals surface area contributed by atoms with Gasteiger partial charge in [-0.25, -0.2) is 5.43 Å². The van der Waals surface area contributed by atoms with Gasteiger partial charge in [0.15, 0.2) is 11.5 Å². The van der Waals surface area contributed by atoms with Crippen LogP contribution in [-0.2, 0) is 0 Å². The zero-order valence-corrected chi connectivity index (χ0v) is 16.2. The van der Waals surface area contributed by atoms with Gasteiger partial charge in [0, 0.05) is 3.57 Å². The molecule has 24 heavy (non-hydrogen) atoms. The molecule has 0 saturated carbocycles. The van der Waals surface area contributed by atoms with E-state index in [0.29, 0.717) is 22.8 Å². The summed E-state index contributed by atoms with van der Waals surface area (Å²) in [6, 6.07) is 8.19. The smallest absolute Gasteiger partial charge is 0.272 e. The number of nitrogens with zero attached hydrogens (tertiary/aromatic N) is 1. The molecule has 0 aliphatic rings. The zero-order valence-electron chi connectivity index (χ0n) is 12.5. The largest absolute Gasteiger partial charge is 0.503 e. The highest BCUT2D eigenvalue weighted by Crippen LogP contribution is 2.34. The van der Waals surface area contributed by atoms with E-state index in [1.807, 2.05) is 0 Å². The van der Waals surface area contributed by atoms with Gasteiger partial charge in [0.25, 0.3) is 5.91 Å². The van der Waals surface area contributed by atoms with Gasteiger partial charge in [-0.05, 0) is 65.4 Å². The first kappa shape index (κ1) is 18.8. The summed E-state index contributed by atoms with van der Waals surface area (Å²) in [5, 5.41) is 14.1. The number of hydrazone groups is 1. The minimum atomic E-state index is -0.426. The minimum absolute atomic E-state index is 0.134. The van der Waals surface area contributed by atoms with Crippen molar-refractivity contribution in [1.82, 2.24) is 5.43 Å². The van der Waals surface area contributed by atoms with Crippen molar-refractivity contribution < 1.29 is 14.6 Å². The molecule has 0 heterocycles. The molecule has 0 aliphatic heterocycles. The fourth-order valence-electron chi connectivity index (χ4n) is 1.83. The number of ether oxygens (including phenoxy) is 1. The fraction of sp³-hybridized carbons (Fsp3) is 0.125. The van der Waals surface area contributed by atoms with Gasteiger partial charge in [0.1, 0.15) is 0 Å². The fourth-order valence-corrected chi connectivity index (χ4v) is 2.74. The Hall–Kier alpha value is -1.51. The maximum absolute atomic E-state index is 12.1. The number of carbonyl (C=O) groups excluding carboxylic acids is 1. The Kier molecular flexibility index (Phi) is 6.70. The molecule has 0 aromatic heterocycles. The van der Waals surface area contributed by atoms with Crippen LogP contribution in [0.5, 0.6) is 11.5 Å². The highest BCUT2D eigenvalue weighted by Gasteiger charge is 2.11. The number of aromatic hydroxyl groups is 1. The summed E-state index contributed by atoms with van der Waals surface area (Å²) in [4.78, 5) is 12.1. The summed E-state index contributed by atoms with van der Waals surface area (Å²) in [6.07, 6.45) is 1.40. The van der Waals surface area contributed by atoms with Crippen molar-refractivity contribution in [3.05, 3.63) is 55.1 Å². The molecule has 0 radical (unpaired) electrons. The van der Waals surface area contributed by atoms with Crippen molar-refractivity contribution in [2.45, 2.75) is 6.92 Å². The van der Waals surface area contributed by atoms with Crippen LogP contribution in [0.4, 0.5) is 0 Å². The molecule has 0 spiro atoms. The van der Waals surface area contributed by atoms with Crippen LogP contribution in [0.1, 0.15) is 22.8 Å². The number of benzene rings is 2. The summed E-state index contributed by atoms with van der Waals surface area (Å²) in [5.41, 5.74) is 3.30. The normalized spacial score (nSPS) is 10.8. The molecule has 1 amide bonds. The van der Waals surface area contributed by atoms with Gasteiger partial charge in [0.2, 0.25) is 0 Å². The molecule has 0 aliphatic carbocycles. The van der Waals surface area contributed by atoms with Crippen LogP contribution in [0.25, 0.3) is 0 Å². The lowest BCUT2D eigenvalue weighted by Gasteiger charge is -2.08. The molecule has 0 atom stereocenters. The number of phenolic OH excluding ortho intramolecular Hbond substituents is 1. The number of phenols is 1. The quantitative estimate of drug-likeness (QED) is 0.378. The molecule has 0 bridgehead atoms. The van der Waals surface area contributed by atoms with E-state index in [-0.39, 0.29) is 16.5 Å². The average Bonchev–Trinajstić information content (AvgIpc) is 2.54. The lowest BCUT2D eigenvalue weighted by Crippen LogP contribution is -2.18. The number of rotatable bonds is 5. The van der Waals surface area contributed by atoms with E-state index < -0.39 is 5.91 Å². The van der Waals surface area contributed by atoms with E-state index in [4.69, 9.17) is 27.9 Å². The molecule has 2 N–H and O–H groups in total. The summed E-state index contributed by atoms with van der Waals surface area (Å²) in [5.74, 6) is -0.312. The molecule has 2 aromatic rings. The number of hydrogen-bond acceptors (Lipinski definition) is 4. The van der Waals surface area contributed by atoms with Crippen molar-refractivity contribution in [2.75, 3.05) is 6.61 Å². The SMILES string of the molecule is CCOc1cc(/C=N/NC(=O)c2cc(I)ccc2Cl)cc(Cl)c1O. The Morgan fingerprint density at radius 1 is 1.33 bits per heavy atom. The molecule has 2 rings (SSSR count). The summed E-state index contributed by atoms with van der Waals surface area (Å²) < 4.78 is 6.17. The number of nitrogens with one attached hydrogen (secondary N) is 1. The van der Waals surface area contributed by atoms with Gasteiger partial charge >= 0.3 is 0 Å². The van der Waals surface area contributed by atoms with Crippen molar-refractivity contribution in [1.29, 1.82) is 0 Å². The first-order valence-corrected chi connectivity index (χ1v) is 8.69. The number of hydrogen-bond donors (Lipinski definition) is 2. The lowest BCUT2D eigenvalue weighted by atomic mass is 10.2. The molecule has 0 saturated heterocycles. The predicted octanol–water partition coefficient (Wildman–Crippen LogP) is 4.47. The zero-order chi connectivity index (χ0) is 17.7. The van der Waals surface area contributed by atoms with E-state index in [9.17, 15) is 9.90 Å². The summed E-state index contributed by atoms with van der Waals surface area (Å²) >= 11 is 14.0. The molecule has 2 aromatic carbocycles. The van der Waals surface area contributed by atoms with Crippen molar-refractivity contribution in [3.63, 3.8) is 0 Å². The van der Waals surface area contributed by atoms with Gasteiger partial charge < -0.3 is 9.84 Å². The van der Waals surface area contributed by atoms with Crippen LogP contribution in [-0.4, -0.2) is 23.8 Å². The predicted molar refractivity (Wildman–Crippen MR) is 104 cm³/mol. The lowest BCUT2D eigenvalue weighted by molar-refractivity contribution is 0.0955. The maximum Gasteiger partial charge on any atom is 0.272 e.